The Kier molecular flexibility index (Phi) is 6.24. The van der Waals surface area contributed by atoms with E-state index in [0.29, 0.717) is 41.7 Å². The molecule has 0 saturated carbocycles. The summed E-state index contributed by atoms with van der Waals surface area (Å²) in [6, 6.07) is 11.5. The zero-order valence-electron chi connectivity index (χ0n) is 15.4. The first-order valence-corrected chi connectivity index (χ1v) is 9.42. The summed E-state index contributed by atoms with van der Waals surface area (Å²) in [6.45, 7) is 4.59. The average Bonchev–Trinajstić information content (AvgIpc) is 3.08. The molecule has 2 aromatic heterocycles. The molecule has 0 spiro atoms. The number of anilines is 1. The number of carbonyl (C=O) groups excluding carboxylic acids is 1. The van der Waals surface area contributed by atoms with Gasteiger partial charge in [0.05, 0.1) is 0 Å². The number of aryl methyl sites for hydroxylation is 1. The van der Waals surface area contributed by atoms with Crippen LogP contribution in [0, 0.1) is 0 Å². The zero-order chi connectivity index (χ0) is 19.2. The molecule has 0 aliphatic rings. The van der Waals surface area contributed by atoms with Crippen LogP contribution >= 0.6 is 11.6 Å². The number of halogens is 1. The summed E-state index contributed by atoms with van der Waals surface area (Å²) in [6.07, 6.45) is 1.73. The maximum atomic E-state index is 12.0. The Morgan fingerprint density at radius 2 is 2.04 bits per heavy atom. The van der Waals surface area contributed by atoms with E-state index in [0.717, 1.165) is 12.0 Å². The smallest absolute Gasteiger partial charge is 0.220 e. The molecule has 8 heteroatoms. The van der Waals surface area contributed by atoms with Gasteiger partial charge in [-0.3, -0.25) is 4.79 Å². The van der Waals surface area contributed by atoms with Gasteiger partial charge in [0.1, 0.15) is 5.82 Å². The molecule has 0 aliphatic heterocycles. The molecule has 0 aliphatic carbocycles. The molecule has 2 heterocycles. The van der Waals surface area contributed by atoms with Gasteiger partial charge in [-0.05, 0) is 37.1 Å². The van der Waals surface area contributed by atoms with Gasteiger partial charge in [0.15, 0.2) is 11.5 Å². The first-order chi connectivity index (χ1) is 13.1. The Bertz CT molecular complexity index is 925. The predicted octanol–water partition coefficient (Wildman–Crippen LogP) is 3.24. The van der Waals surface area contributed by atoms with Crippen LogP contribution in [-0.4, -0.2) is 31.8 Å². The maximum absolute atomic E-state index is 12.0. The number of amides is 1. The van der Waals surface area contributed by atoms with Crippen molar-refractivity contribution in [2.45, 2.75) is 45.7 Å². The van der Waals surface area contributed by atoms with Crippen LogP contribution in [0.3, 0.4) is 0 Å². The van der Waals surface area contributed by atoms with Gasteiger partial charge in [0.25, 0.3) is 0 Å². The highest BCUT2D eigenvalue weighted by Gasteiger charge is 2.11. The number of fused-ring (bicyclic) bond motifs is 1. The van der Waals surface area contributed by atoms with Crippen molar-refractivity contribution in [3.05, 3.63) is 52.8 Å². The van der Waals surface area contributed by atoms with Crippen LogP contribution in [0.5, 0.6) is 0 Å². The van der Waals surface area contributed by atoms with Crippen LogP contribution < -0.4 is 10.6 Å². The Labute approximate surface area is 163 Å². The second kappa shape index (κ2) is 8.81. The van der Waals surface area contributed by atoms with Gasteiger partial charge in [-0.15, -0.1) is 15.3 Å². The maximum Gasteiger partial charge on any atom is 0.220 e. The van der Waals surface area contributed by atoms with Gasteiger partial charge in [-0.25, -0.2) is 0 Å². The monoisotopic (exact) mass is 386 g/mol. The Morgan fingerprint density at radius 3 is 2.81 bits per heavy atom. The van der Waals surface area contributed by atoms with Crippen LogP contribution in [0.25, 0.3) is 5.65 Å². The summed E-state index contributed by atoms with van der Waals surface area (Å²) < 4.78 is 1.67. The first kappa shape index (κ1) is 19.1. The van der Waals surface area contributed by atoms with Crippen LogP contribution in [0.1, 0.15) is 38.1 Å². The standard InChI is InChI=1S/C19H23ClN6O/c1-3-13(2)22-19(27)11-10-18-24-23-17-9-8-16(25-26(17)18)21-12-14-6-4-5-7-15(14)20/h4-9,13H,3,10-12H2,1-2H3,(H,21,25)(H,22,27)/t13-/m0/s1. The molecule has 0 bridgehead atoms. The summed E-state index contributed by atoms with van der Waals surface area (Å²) in [5, 5.41) is 19.7. The van der Waals surface area contributed by atoms with E-state index in [-0.39, 0.29) is 11.9 Å². The van der Waals surface area contributed by atoms with E-state index in [4.69, 9.17) is 11.6 Å². The minimum absolute atomic E-state index is 0.00843. The molecule has 3 rings (SSSR count). The number of aromatic nitrogens is 4. The molecule has 3 aromatic rings. The van der Waals surface area contributed by atoms with Gasteiger partial charge in [-0.2, -0.15) is 4.52 Å². The first-order valence-electron chi connectivity index (χ1n) is 9.04. The Hall–Kier alpha value is -2.67. The van der Waals surface area contributed by atoms with Crippen molar-refractivity contribution in [3.63, 3.8) is 0 Å². The highest BCUT2D eigenvalue weighted by Crippen LogP contribution is 2.16. The highest BCUT2D eigenvalue weighted by molar-refractivity contribution is 6.31. The summed E-state index contributed by atoms with van der Waals surface area (Å²) >= 11 is 6.19. The number of benzene rings is 1. The number of carbonyl (C=O) groups is 1. The summed E-state index contributed by atoms with van der Waals surface area (Å²) in [7, 11) is 0. The number of nitrogens with zero attached hydrogens (tertiary/aromatic N) is 4. The van der Waals surface area contributed by atoms with Crippen LogP contribution in [0.4, 0.5) is 5.82 Å². The highest BCUT2D eigenvalue weighted by atomic mass is 35.5. The third-order valence-corrected chi connectivity index (χ3v) is 4.71. The van der Waals surface area contributed by atoms with Crippen molar-refractivity contribution < 1.29 is 4.79 Å². The summed E-state index contributed by atoms with van der Waals surface area (Å²) in [4.78, 5) is 12.0. The minimum atomic E-state index is 0.00843. The lowest BCUT2D eigenvalue weighted by Crippen LogP contribution is -2.32. The molecule has 0 saturated heterocycles. The largest absolute Gasteiger partial charge is 0.364 e. The average molecular weight is 387 g/mol. The predicted molar refractivity (Wildman–Crippen MR) is 106 cm³/mol. The van der Waals surface area contributed by atoms with E-state index >= 15 is 0 Å². The van der Waals surface area contributed by atoms with E-state index < -0.39 is 0 Å². The second-order valence-corrected chi connectivity index (χ2v) is 6.83. The van der Waals surface area contributed by atoms with Gasteiger partial charge in [-0.1, -0.05) is 36.7 Å². The molecule has 1 aromatic carbocycles. The van der Waals surface area contributed by atoms with E-state index in [1.165, 1.54) is 0 Å². The molecule has 1 amide bonds. The van der Waals surface area contributed by atoms with Crippen LogP contribution in [0.15, 0.2) is 36.4 Å². The van der Waals surface area contributed by atoms with Crippen molar-refractivity contribution >= 4 is 29.0 Å². The van der Waals surface area contributed by atoms with Crippen molar-refractivity contribution in [1.29, 1.82) is 0 Å². The molecule has 1 atom stereocenters. The topological polar surface area (TPSA) is 84.2 Å². The third-order valence-electron chi connectivity index (χ3n) is 4.34. The van der Waals surface area contributed by atoms with E-state index in [9.17, 15) is 4.79 Å². The SMILES string of the molecule is CC[C@H](C)NC(=O)CCc1nnc2ccc(NCc3ccccc3Cl)nn12. The molecular formula is C19H23ClN6O. The number of hydrogen-bond acceptors (Lipinski definition) is 5. The molecule has 2 N–H and O–H groups in total. The lowest BCUT2D eigenvalue weighted by Gasteiger charge is -2.10. The van der Waals surface area contributed by atoms with Crippen molar-refractivity contribution in [1.82, 2.24) is 25.1 Å². The molecule has 27 heavy (non-hydrogen) atoms. The van der Waals surface area contributed by atoms with Crippen molar-refractivity contribution in [3.8, 4) is 0 Å². The quantitative estimate of drug-likeness (QED) is 0.620. The minimum Gasteiger partial charge on any atom is -0.364 e. The second-order valence-electron chi connectivity index (χ2n) is 6.43. The van der Waals surface area contributed by atoms with Crippen molar-refractivity contribution in [2.75, 3.05) is 5.32 Å². The number of nitrogens with one attached hydrogen (secondary N) is 2. The fraction of sp³-hybridized carbons (Fsp3) is 0.368. The molecule has 0 fully saturated rings. The summed E-state index contributed by atoms with van der Waals surface area (Å²) in [5.74, 6) is 1.35. The molecule has 142 valence electrons. The number of hydrogen-bond donors (Lipinski definition) is 2. The van der Waals surface area contributed by atoms with Gasteiger partial charge in [0.2, 0.25) is 5.91 Å². The lowest BCUT2D eigenvalue weighted by atomic mass is 10.2. The fourth-order valence-corrected chi connectivity index (χ4v) is 2.79. The van der Waals surface area contributed by atoms with E-state index in [1.807, 2.05) is 50.2 Å². The van der Waals surface area contributed by atoms with Gasteiger partial charge >= 0.3 is 0 Å². The summed E-state index contributed by atoms with van der Waals surface area (Å²) in [5.41, 5.74) is 1.64. The van der Waals surface area contributed by atoms with Crippen molar-refractivity contribution in [2.24, 2.45) is 0 Å². The lowest BCUT2D eigenvalue weighted by molar-refractivity contribution is -0.121. The van der Waals surface area contributed by atoms with Gasteiger partial charge in [0, 0.05) is 30.5 Å². The fourth-order valence-electron chi connectivity index (χ4n) is 2.59. The molecule has 0 unspecified atom stereocenters. The Balaban J connectivity index is 1.67. The van der Waals surface area contributed by atoms with E-state index in [2.05, 4.69) is 25.9 Å². The molecule has 0 radical (unpaired) electrons. The van der Waals surface area contributed by atoms with Gasteiger partial charge < -0.3 is 10.6 Å². The number of rotatable bonds is 8. The zero-order valence-corrected chi connectivity index (χ0v) is 16.2. The van der Waals surface area contributed by atoms with E-state index in [1.54, 1.807) is 4.52 Å². The Morgan fingerprint density at radius 1 is 1.22 bits per heavy atom. The van der Waals surface area contributed by atoms with Crippen LogP contribution in [-0.2, 0) is 17.8 Å². The third kappa shape index (κ3) is 4.95. The van der Waals surface area contributed by atoms with Crippen LogP contribution in [0.2, 0.25) is 5.02 Å². The molecular weight excluding hydrogens is 364 g/mol. The molecule has 7 nitrogen and oxygen atoms in total. The normalized spacial score (nSPS) is 12.1.